The van der Waals surface area contributed by atoms with Crippen molar-refractivity contribution in [3.63, 3.8) is 0 Å². The Bertz CT molecular complexity index is 735. The monoisotopic (exact) mass is 621 g/mol. The number of hydrogen-bond acceptors (Lipinski definition) is 16. The van der Waals surface area contributed by atoms with Crippen LogP contribution in [0.4, 0.5) is 0 Å². The fourth-order valence-electron chi connectivity index (χ4n) is 0.204. The van der Waals surface area contributed by atoms with Gasteiger partial charge < -0.3 is 0 Å². The Morgan fingerprint density at radius 3 is 0.680 bits per heavy atom. The van der Waals surface area contributed by atoms with Gasteiger partial charge in [-0.1, -0.05) is 0 Å². The summed E-state index contributed by atoms with van der Waals surface area (Å²) in [7, 11) is -4.67. The topological polar surface area (TPSA) is 322 Å². The van der Waals surface area contributed by atoms with Gasteiger partial charge in [0.25, 0.3) is 0 Å². The Morgan fingerprint density at radius 1 is 0.600 bits per heavy atom. The first-order chi connectivity index (χ1) is 9.41. The first kappa shape index (κ1) is 38.0. The molecule has 0 saturated heterocycles. The molecule has 2 N–H and O–H groups in total. The second kappa shape index (κ2) is 14.3. The summed E-state index contributed by atoms with van der Waals surface area (Å²) < 4.78 is 149. The van der Waals surface area contributed by atoms with Crippen LogP contribution in [0.2, 0.25) is 0 Å². The first-order valence-electron chi connectivity index (χ1n) is 3.37. The molecule has 0 unspecified atom stereocenters. The van der Waals surface area contributed by atoms with E-state index < -0.39 is 64.9 Å². The zero-order valence-electron chi connectivity index (χ0n) is 10.9. The SMILES string of the molecule is O=S(=O)(O)O.[Cr+3].[K+].[O]=[Cr](=[O])([O-])[O][Cr](=[O])(=[O])[O-].[O]=[Cr](=[O])([O-])[O][Cr](=[O])(=[O])[O-]. The van der Waals surface area contributed by atoms with E-state index in [1.54, 1.807) is 0 Å². The van der Waals surface area contributed by atoms with Crippen LogP contribution in [0.15, 0.2) is 0 Å². The van der Waals surface area contributed by atoms with E-state index in [0.29, 0.717) is 0 Å². The average Bonchev–Trinajstić information content (AvgIpc) is 1.81. The fraction of sp³-hybridized carbons (Fsp3) is 0. The van der Waals surface area contributed by atoms with E-state index >= 15 is 0 Å². The minimum absolute atomic E-state index is 0. The fourth-order valence-corrected chi connectivity index (χ4v) is 3.47. The molecule has 18 nitrogen and oxygen atoms in total. The molecule has 147 valence electrons. The molecule has 0 atom stereocenters. The summed E-state index contributed by atoms with van der Waals surface area (Å²) in [5.41, 5.74) is 0. The first-order valence-corrected chi connectivity index (χ1v) is 13.1. The van der Waals surface area contributed by atoms with Crippen molar-refractivity contribution in [1.29, 1.82) is 0 Å². The molecule has 0 amide bonds. The molecule has 0 saturated carbocycles. The predicted molar refractivity (Wildman–Crippen MR) is 21.8 cm³/mol. The maximum atomic E-state index is 9.38. The quantitative estimate of drug-likeness (QED) is 0.217. The molecule has 0 aliphatic carbocycles. The summed E-state index contributed by atoms with van der Waals surface area (Å²) in [6.45, 7) is 0. The van der Waals surface area contributed by atoms with Gasteiger partial charge in [0.05, 0.1) is 0 Å². The van der Waals surface area contributed by atoms with Crippen LogP contribution < -0.4 is 68.0 Å². The van der Waals surface area contributed by atoms with E-state index in [1.807, 2.05) is 0 Å². The Balaban J connectivity index is -0.0000000800. The van der Waals surface area contributed by atoms with Crippen molar-refractivity contribution >= 4 is 10.4 Å². The molecule has 0 aromatic heterocycles. The van der Waals surface area contributed by atoms with Crippen LogP contribution in [0.5, 0.6) is 0 Å². The van der Waals surface area contributed by atoms with Gasteiger partial charge in [-0.15, -0.1) is 0 Å². The standard InChI is InChI=1S/5Cr.K.H2O4S.14O/c;;;;;;1-5(2,3)4;;;;;;;;;;;;;;/h;;;;;;(H2,1,2,3,4);;;;;;;;;;;;;;/q;;;;+3;+1;;;;;;;;;;;;4*-1. The van der Waals surface area contributed by atoms with Gasteiger partial charge in [0.2, 0.25) is 0 Å². The molecule has 0 aromatic rings. The second-order valence-corrected chi connectivity index (χ2v) is 10.4. The van der Waals surface area contributed by atoms with E-state index in [0.717, 1.165) is 0 Å². The number of rotatable bonds is 4. The van der Waals surface area contributed by atoms with E-state index in [4.69, 9.17) is 17.5 Å². The summed E-state index contributed by atoms with van der Waals surface area (Å²) >= 11 is -24.3. The van der Waals surface area contributed by atoms with Crippen molar-refractivity contribution in [1.82, 2.24) is 0 Å². The van der Waals surface area contributed by atoms with Gasteiger partial charge in [-0.25, -0.2) is 0 Å². The molecule has 25 heavy (non-hydrogen) atoms. The molecule has 0 heterocycles. The van der Waals surface area contributed by atoms with Crippen LogP contribution in [-0.2, 0) is 118 Å². The summed E-state index contributed by atoms with van der Waals surface area (Å²) in [6.07, 6.45) is 0. The molecular formula is H2Cr5KO18S. The average molecular weight is 621 g/mol. The summed E-state index contributed by atoms with van der Waals surface area (Å²) in [4.78, 5) is 0. The van der Waals surface area contributed by atoms with Gasteiger partial charge in [-0.05, 0) is 0 Å². The van der Waals surface area contributed by atoms with Gasteiger partial charge in [-0.2, -0.15) is 8.42 Å². The second-order valence-electron chi connectivity index (χ2n) is 2.22. The molecule has 0 aliphatic heterocycles. The molecule has 0 bridgehead atoms. The van der Waals surface area contributed by atoms with Crippen molar-refractivity contribution in [3.05, 3.63) is 0 Å². The molecule has 0 aliphatic rings. The molecular weight excluding hydrogens is 619 g/mol. The zero-order chi connectivity index (χ0) is 19.9. The Labute approximate surface area is 200 Å². The summed E-state index contributed by atoms with van der Waals surface area (Å²) in [5, 5.41) is 0. The van der Waals surface area contributed by atoms with Crippen molar-refractivity contribution in [2.24, 2.45) is 0 Å². The third kappa shape index (κ3) is 75.9. The van der Waals surface area contributed by atoms with Crippen LogP contribution in [0.1, 0.15) is 0 Å². The third-order valence-electron chi connectivity index (χ3n) is 0.333. The van der Waals surface area contributed by atoms with E-state index in [-0.39, 0.29) is 68.7 Å². The molecule has 0 rings (SSSR count). The predicted octanol–water partition coefficient (Wildman–Crippen LogP) is -9.50. The van der Waals surface area contributed by atoms with Gasteiger partial charge in [0, 0.05) is 0 Å². The van der Waals surface area contributed by atoms with Crippen molar-refractivity contribution < 1.29 is 193 Å². The van der Waals surface area contributed by atoms with Gasteiger partial charge in [0.15, 0.2) is 0 Å². The number of hydrogen-bond donors (Lipinski definition) is 2. The van der Waals surface area contributed by atoms with E-state index in [2.05, 4.69) is 5.68 Å². The van der Waals surface area contributed by atoms with Gasteiger partial charge >= 0.3 is 186 Å². The van der Waals surface area contributed by atoms with E-state index in [1.165, 1.54) is 0 Å². The Morgan fingerprint density at radius 2 is 0.680 bits per heavy atom. The van der Waals surface area contributed by atoms with Gasteiger partial charge in [-0.3, -0.25) is 9.11 Å². The van der Waals surface area contributed by atoms with Crippen LogP contribution in [-0.4, -0.2) is 17.5 Å². The summed E-state index contributed by atoms with van der Waals surface area (Å²) in [6, 6.07) is 0. The third-order valence-corrected chi connectivity index (χ3v) is 5.67. The maximum absolute atomic E-state index is 9.38. The van der Waals surface area contributed by atoms with Crippen molar-refractivity contribution in [2.45, 2.75) is 0 Å². The molecule has 1 radical (unpaired) electrons. The van der Waals surface area contributed by atoms with Crippen LogP contribution in [0, 0.1) is 0 Å². The molecule has 0 fully saturated rings. The van der Waals surface area contributed by atoms with E-state index in [9.17, 15) is 47.1 Å². The van der Waals surface area contributed by atoms with Crippen LogP contribution >= 0.6 is 0 Å². The Hall–Kier alpha value is 2.33. The van der Waals surface area contributed by atoms with Gasteiger partial charge in [0.1, 0.15) is 0 Å². The molecule has 25 heteroatoms. The molecule has 0 spiro atoms. The molecule has 0 aromatic carbocycles. The van der Waals surface area contributed by atoms with Crippen LogP contribution in [0.25, 0.3) is 0 Å². The zero-order valence-corrected chi connectivity index (χ0v) is 21.2. The minimum atomic E-state index is -6.07. The van der Waals surface area contributed by atoms with Crippen LogP contribution in [0.3, 0.4) is 0 Å². The summed E-state index contributed by atoms with van der Waals surface area (Å²) in [5.74, 6) is 0. The normalized spacial score (nSPS) is 12.1. The Kier molecular flexibility index (Phi) is 21.8. The van der Waals surface area contributed by atoms with Crippen molar-refractivity contribution in [2.75, 3.05) is 0 Å². The van der Waals surface area contributed by atoms with Crippen molar-refractivity contribution in [3.8, 4) is 0 Å².